The molecule has 0 bridgehead atoms. The Balaban J connectivity index is 3.13. The summed E-state index contributed by atoms with van der Waals surface area (Å²) in [5.41, 5.74) is 3.76. The first-order valence-electron chi connectivity index (χ1n) is 4.79. The molecule has 0 unspecified atom stereocenters. The van der Waals surface area contributed by atoms with Gasteiger partial charge in [-0.3, -0.25) is 4.98 Å². The van der Waals surface area contributed by atoms with Gasteiger partial charge in [0, 0.05) is 10.6 Å². The van der Waals surface area contributed by atoms with Gasteiger partial charge in [-0.25, -0.2) is 0 Å². The van der Waals surface area contributed by atoms with Gasteiger partial charge in [-0.05, 0) is 37.7 Å². The molecule has 0 radical (unpaired) electrons. The normalized spacial score (nSPS) is 10.5. The highest BCUT2D eigenvalue weighted by atomic mass is 32.2. The van der Waals surface area contributed by atoms with Crippen molar-refractivity contribution in [2.75, 3.05) is 5.75 Å². The van der Waals surface area contributed by atoms with Crippen molar-refractivity contribution >= 4 is 11.8 Å². The van der Waals surface area contributed by atoms with Gasteiger partial charge in [0.05, 0.1) is 5.69 Å². The zero-order chi connectivity index (χ0) is 9.84. The van der Waals surface area contributed by atoms with E-state index in [9.17, 15) is 0 Å². The smallest absolute Gasteiger partial charge is 0.0514 e. The minimum atomic E-state index is 1.10. The predicted octanol–water partition coefficient (Wildman–Crippen LogP) is 3.37. The van der Waals surface area contributed by atoms with Crippen LogP contribution in [0.2, 0.25) is 0 Å². The fraction of sp³-hybridized carbons (Fsp3) is 0.545. The van der Waals surface area contributed by atoms with Gasteiger partial charge in [0.2, 0.25) is 0 Å². The maximum Gasteiger partial charge on any atom is 0.0514 e. The Labute approximate surface area is 85.0 Å². The molecule has 0 aliphatic rings. The molecule has 0 aromatic carbocycles. The minimum absolute atomic E-state index is 1.10. The molecule has 1 nitrogen and oxygen atoms in total. The lowest BCUT2D eigenvalue weighted by atomic mass is 10.1. The van der Waals surface area contributed by atoms with Crippen LogP contribution in [0, 0.1) is 13.8 Å². The topological polar surface area (TPSA) is 12.9 Å². The Morgan fingerprint density at radius 2 is 2.00 bits per heavy atom. The Morgan fingerprint density at radius 1 is 1.31 bits per heavy atom. The number of rotatable bonds is 3. The molecule has 0 N–H and O–H groups in total. The van der Waals surface area contributed by atoms with E-state index >= 15 is 0 Å². The van der Waals surface area contributed by atoms with Crippen molar-refractivity contribution in [3.8, 4) is 0 Å². The number of thioether (sulfide) groups is 1. The molecule has 0 aliphatic carbocycles. The summed E-state index contributed by atoms with van der Waals surface area (Å²) in [6, 6.07) is 2.20. The lowest BCUT2D eigenvalue weighted by Crippen LogP contribution is -1.95. The van der Waals surface area contributed by atoms with Gasteiger partial charge in [-0.1, -0.05) is 13.8 Å². The predicted molar refractivity (Wildman–Crippen MR) is 59.5 cm³/mol. The van der Waals surface area contributed by atoms with Crippen LogP contribution in [0.3, 0.4) is 0 Å². The summed E-state index contributed by atoms with van der Waals surface area (Å²) >= 11 is 1.90. The van der Waals surface area contributed by atoms with E-state index in [0.29, 0.717) is 0 Å². The van der Waals surface area contributed by atoms with Crippen LogP contribution in [0.15, 0.2) is 11.0 Å². The number of aromatic nitrogens is 1. The third kappa shape index (κ3) is 2.47. The summed E-state index contributed by atoms with van der Waals surface area (Å²) in [6.45, 7) is 8.55. The summed E-state index contributed by atoms with van der Waals surface area (Å²) in [5, 5.41) is 0. The van der Waals surface area contributed by atoms with Crippen LogP contribution in [0.4, 0.5) is 0 Å². The maximum atomic E-state index is 4.48. The van der Waals surface area contributed by atoms with Crippen molar-refractivity contribution in [1.82, 2.24) is 4.98 Å². The van der Waals surface area contributed by atoms with E-state index in [1.165, 1.54) is 16.2 Å². The van der Waals surface area contributed by atoms with Crippen LogP contribution in [-0.4, -0.2) is 10.7 Å². The molecule has 13 heavy (non-hydrogen) atoms. The fourth-order valence-corrected chi connectivity index (χ4v) is 2.43. The molecule has 0 spiro atoms. The third-order valence-corrected chi connectivity index (χ3v) is 3.15. The quantitative estimate of drug-likeness (QED) is 0.686. The van der Waals surface area contributed by atoms with Gasteiger partial charge in [-0.2, -0.15) is 0 Å². The molecule has 0 fully saturated rings. The Kier molecular flexibility index (Phi) is 3.79. The van der Waals surface area contributed by atoms with E-state index in [0.717, 1.165) is 17.9 Å². The highest BCUT2D eigenvalue weighted by molar-refractivity contribution is 7.99. The van der Waals surface area contributed by atoms with Gasteiger partial charge >= 0.3 is 0 Å². The average molecular weight is 195 g/mol. The van der Waals surface area contributed by atoms with Crippen molar-refractivity contribution < 1.29 is 0 Å². The largest absolute Gasteiger partial charge is 0.257 e. The van der Waals surface area contributed by atoms with Crippen LogP contribution in [0.1, 0.15) is 30.8 Å². The lowest BCUT2D eigenvalue weighted by Gasteiger charge is -2.10. The molecule has 1 aromatic heterocycles. The van der Waals surface area contributed by atoms with Crippen molar-refractivity contribution in [2.24, 2.45) is 0 Å². The van der Waals surface area contributed by atoms with Gasteiger partial charge in [0.1, 0.15) is 0 Å². The summed E-state index contributed by atoms with van der Waals surface area (Å²) in [4.78, 5) is 5.86. The number of pyridine rings is 1. The zero-order valence-electron chi connectivity index (χ0n) is 8.85. The second-order valence-electron chi connectivity index (χ2n) is 3.12. The van der Waals surface area contributed by atoms with Crippen LogP contribution >= 0.6 is 11.8 Å². The molecule has 2 heteroatoms. The highest BCUT2D eigenvalue weighted by Crippen LogP contribution is 2.26. The first kappa shape index (κ1) is 10.6. The van der Waals surface area contributed by atoms with Gasteiger partial charge in [0.15, 0.2) is 0 Å². The minimum Gasteiger partial charge on any atom is -0.257 e. The summed E-state index contributed by atoms with van der Waals surface area (Å²) in [5.74, 6) is 1.12. The molecule has 0 saturated carbocycles. The second-order valence-corrected chi connectivity index (χ2v) is 4.40. The van der Waals surface area contributed by atoms with E-state index < -0.39 is 0 Å². The number of hydrogen-bond acceptors (Lipinski definition) is 2. The highest BCUT2D eigenvalue weighted by Gasteiger charge is 2.06. The van der Waals surface area contributed by atoms with Gasteiger partial charge in [0.25, 0.3) is 0 Å². The van der Waals surface area contributed by atoms with Crippen LogP contribution < -0.4 is 0 Å². The molecular formula is C11H17NS. The first-order chi connectivity index (χ1) is 6.19. The van der Waals surface area contributed by atoms with Crippen molar-refractivity contribution in [3.63, 3.8) is 0 Å². The summed E-state index contributed by atoms with van der Waals surface area (Å²) in [6.07, 6.45) is 1.10. The van der Waals surface area contributed by atoms with Crippen LogP contribution in [0.25, 0.3) is 0 Å². The number of nitrogens with zero attached hydrogens (tertiary/aromatic N) is 1. The summed E-state index contributed by atoms with van der Waals surface area (Å²) < 4.78 is 0. The van der Waals surface area contributed by atoms with Crippen molar-refractivity contribution in [3.05, 3.63) is 23.0 Å². The number of hydrogen-bond donors (Lipinski definition) is 0. The Morgan fingerprint density at radius 3 is 2.54 bits per heavy atom. The van der Waals surface area contributed by atoms with Crippen molar-refractivity contribution in [2.45, 2.75) is 39.0 Å². The fourth-order valence-electron chi connectivity index (χ4n) is 1.50. The molecule has 0 amide bonds. The van der Waals surface area contributed by atoms with Crippen LogP contribution in [-0.2, 0) is 6.42 Å². The monoisotopic (exact) mass is 195 g/mol. The molecule has 0 aliphatic heterocycles. The second kappa shape index (κ2) is 4.66. The maximum absolute atomic E-state index is 4.48. The Hall–Kier alpha value is -0.500. The zero-order valence-corrected chi connectivity index (χ0v) is 9.66. The first-order valence-corrected chi connectivity index (χ1v) is 5.77. The third-order valence-electron chi connectivity index (χ3n) is 2.02. The van der Waals surface area contributed by atoms with E-state index in [1.54, 1.807) is 0 Å². The molecule has 1 heterocycles. The molecular weight excluding hydrogens is 178 g/mol. The lowest BCUT2D eigenvalue weighted by molar-refractivity contribution is 0.977. The standard InChI is InChI=1S/C11H17NS/c1-5-10-7-8(3)12-9(4)11(10)13-6-2/h7H,5-6H2,1-4H3. The summed E-state index contributed by atoms with van der Waals surface area (Å²) in [7, 11) is 0. The average Bonchev–Trinajstić information content (AvgIpc) is 2.09. The molecule has 0 atom stereocenters. The SMILES string of the molecule is CCSc1c(CC)cc(C)nc1C. The van der Waals surface area contributed by atoms with Crippen LogP contribution in [0.5, 0.6) is 0 Å². The van der Waals surface area contributed by atoms with Gasteiger partial charge < -0.3 is 0 Å². The van der Waals surface area contributed by atoms with E-state index in [1.807, 2.05) is 11.8 Å². The molecule has 0 saturated heterocycles. The van der Waals surface area contributed by atoms with Gasteiger partial charge in [-0.15, -0.1) is 11.8 Å². The van der Waals surface area contributed by atoms with Crippen molar-refractivity contribution in [1.29, 1.82) is 0 Å². The molecule has 1 rings (SSSR count). The van der Waals surface area contributed by atoms with E-state index in [-0.39, 0.29) is 0 Å². The Bertz CT molecular complexity index is 294. The molecule has 1 aromatic rings. The number of aryl methyl sites for hydroxylation is 3. The van der Waals surface area contributed by atoms with E-state index in [4.69, 9.17) is 0 Å². The van der Waals surface area contributed by atoms with E-state index in [2.05, 4.69) is 38.7 Å². The molecule has 72 valence electrons.